The van der Waals surface area contributed by atoms with Gasteiger partial charge in [-0.3, -0.25) is 19.3 Å². The van der Waals surface area contributed by atoms with Crippen LogP contribution in [0.1, 0.15) is 5.56 Å². The molecule has 3 amide bonds. The number of benzene rings is 3. The van der Waals surface area contributed by atoms with Gasteiger partial charge in [-0.2, -0.15) is 0 Å². The minimum atomic E-state index is -0.489. The Morgan fingerprint density at radius 2 is 1.41 bits per heavy atom. The fraction of sp³-hybridized carbons (Fsp3) is 0.115. The van der Waals surface area contributed by atoms with E-state index in [0.717, 1.165) is 28.0 Å². The van der Waals surface area contributed by atoms with Crippen molar-refractivity contribution in [1.82, 2.24) is 4.90 Å². The van der Waals surface area contributed by atoms with Crippen LogP contribution in [0.2, 0.25) is 0 Å². The number of rotatable bonds is 9. The summed E-state index contributed by atoms with van der Waals surface area (Å²) in [5.74, 6) is 0.525. The SMILES string of the molecule is O=C(CN1C(=O)S/C(=C/c2ccc(OCCOc3ccccc3)cc2)C1=O)Nc1ccccc1. The molecule has 0 unspecified atom stereocenters. The van der Waals surface area contributed by atoms with E-state index < -0.39 is 17.1 Å². The zero-order chi connectivity index (χ0) is 23.8. The highest BCUT2D eigenvalue weighted by Crippen LogP contribution is 2.32. The summed E-state index contributed by atoms with van der Waals surface area (Å²) in [6.45, 7) is 0.462. The number of ether oxygens (including phenoxy) is 2. The number of anilines is 1. The van der Waals surface area contributed by atoms with Crippen LogP contribution in [0.3, 0.4) is 0 Å². The molecule has 8 heteroatoms. The molecule has 1 fully saturated rings. The van der Waals surface area contributed by atoms with Crippen LogP contribution in [0.5, 0.6) is 11.5 Å². The number of para-hydroxylation sites is 2. The number of imide groups is 1. The Bertz CT molecular complexity index is 1180. The number of hydrogen-bond acceptors (Lipinski definition) is 6. The molecule has 0 radical (unpaired) electrons. The average Bonchev–Trinajstić information content (AvgIpc) is 3.11. The summed E-state index contributed by atoms with van der Waals surface area (Å²) in [5, 5.41) is 2.20. The first-order valence-electron chi connectivity index (χ1n) is 10.6. The zero-order valence-corrected chi connectivity index (χ0v) is 19.0. The summed E-state index contributed by atoms with van der Waals surface area (Å²) in [6, 6.07) is 25.5. The number of thioether (sulfide) groups is 1. The summed E-state index contributed by atoms with van der Waals surface area (Å²) in [7, 11) is 0. The third-order valence-corrected chi connectivity index (χ3v) is 5.68. The van der Waals surface area contributed by atoms with Crippen LogP contribution < -0.4 is 14.8 Å². The number of nitrogens with one attached hydrogen (secondary N) is 1. The largest absolute Gasteiger partial charge is 0.490 e. The van der Waals surface area contributed by atoms with E-state index in [0.29, 0.717) is 24.7 Å². The van der Waals surface area contributed by atoms with Crippen molar-refractivity contribution in [2.75, 3.05) is 25.1 Å². The molecule has 0 aromatic heterocycles. The summed E-state index contributed by atoms with van der Waals surface area (Å²) >= 11 is 0.815. The second kappa shape index (κ2) is 11.2. The molecule has 0 atom stereocenters. The van der Waals surface area contributed by atoms with E-state index in [1.165, 1.54) is 0 Å². The fourth-order valence-electron chi connectivity index (χ4n) is 3.15. The molecule has 1 heterocycles. The second-order valence-corrected chi connectivity index (χ2v) is 8.25. The van der Waals surface area contributed by atoms with E-state index in [1.807, 2.05) is 36.4 Å². The van der Waals surface area contributed by atoms with Crippen molar-refractivity contribution in [3.05, 3.63) is 95.4 Å². The van der Waals surface area contributed by atoms with Crippen LogP contribution >= 0.6 is 11.8 Å². The maximum Gasteiger partial charge on any atom is 0.294 e. The maximum absolute atomic E-state index is 12.7. The van der Waals surface area contributed by atoms with Crippen molar-refractivity contribution in [2.45, 2.75) is 0 Å². The molecular weight excluding hydrogens is 452 g/mol. The molecule has 0 aliphatic carbocycles. The van der Waals surface area contributed by atoms with Gasteiger partial charge in [0.05, 0.1) is 4.91 Å². The predicted octanol–water partition coefficient (Wildman–Crippen LogP) is 4.82. The fourth-order valence-corrected chi connectivity index (χ4v) is 3.99. The molecule has 172 valence electrons. The molecule has 4 rings (SSSR count). The van der Waals surface area contributed by atoms with Gasteiger partial charge in [-0.25, -0.2) is 0 Å². The first kappa shape index (κ1) is 23.1. The Morgan fingerprint density at radius 3 is 2.06 bits per heavy atom. The monoisotopic (exact) mass is 474 g/mol. The first-order valence-corrected chi connectivity index (χ1v) is 11.4. The van der Waals surface area contributed by atoms with Gasteiger partial charge in [0.25, 0.3) is 11.1 Å². The van der Waals surface area contributed by atoms with E-state index in [1.54, 1.807) is 54.6 Å². The average molecular weight is 475 g/mol. The second-order valence-electron chi connectivity index (χ2n) is 7.26. The van der Waals surface area contributed by atoms with Crippen LogP contribution in [0.15, 0.2) is 89.8 Å². The Balaban J connectivity index is 1.28. The Morgan fingerprint density at radius 1 is 0.824 bits per heavy atom. The Kier molecular flexibility index (Phi) is 7.62. The Labute approximate surface area is 201 Å². The first-order chi connectivity index (χ1) is 16.6. The predicted molar refractivity (Wildman–Crippen MR) is 132 cm³/mol. The number of nitrogens with zero attached hydrogens (tertiary/aromatic N) is 1. The van der Waals surface area contributed by atoms with Crippen molar-refractivity contribution in [3.63, 3.8) is 0 Å². The lowest BCUT2D eigenvalue weighted by Gasteiger charge is -2.12. The molecule has 1 aliphatic heterocycles. The highest BCUT2D eigenvalue weighted by Gasteiger charge is 2.36. The van der Waals surface area contributed by atoms with Gasteiger partial charge in [0.15, 0.2) is 0 Å². The minimum Gasteiger partial charge on any atom is -0.490 e. The molecular formula is C26H22N2O5S. The summed E-state index contributed by atoms with van der Waals surface area (Å²) < 4.78 is 11.3. The van der Waals surface area contributed by atoms with Crippen molar-refractivity contribution in [1.29, 1.82) is 0 Å². The van der Waals surface area contributed by atoms with E-state index in [2.05, 4.69) is 5.32 Å². The molecule has 3 aromatic rings. The number of amides is 3. The summed E-state index contributed by atoms with van der Waals surface area (Å²) in [6.07, 6.45) is 1.63. The van der Waals surface area contributed by atoms with Crippen LogP contribution in [0.4, 0.5) is 10.5 Å². The van der Waals surface area contributed by atoms with Gasteiger partial charge in [0.2, 0.25) is 5.91 Å². The van der Waals surface area contributed by atoms with Crippen LogP contribution in [0.25, 0.3) is 6.08 Å². The van der Waals surface area contributed by atoms with Crippen LogP contribution in [-0.4, -0.2) is 41.7 Å². The van der Waals surface area contributed by atoms with Gasteiger partial charge in [-0.1, -0.05) is 48.5 Å². The van der Waals surface area contributed by atoms with Gasteiger partial charge in [0, 0.05) is 5.69 Å². The van der Waals surface area contributed by atoms with Gasteiger partial charge in [0.1, 0.15) is 31.3 Å². The van der Waals surface area contributed by atoms with E-state index in [4.69, 9.17) is 9.47 Å². The molecule has 0 bridgehead atoms. The molecule has 0 spiro atoms. The lowest BCUT2D eigenvalue weighted by atomic mass is 10.2. The highest BCUT2D eigenvalue weighted by atomic mass is 32.2. The molecule has 1 N–H and O–H groups in total. The highest BCUT2D eigenvalue weighted by molar-refractivity contribution is 8.18. The van der Waals surface area contributed by atoms with Crippen LogP contribution in [-0.2, 0) is 9.59 Å². The lowest BCUT2D eigenvalue weighted by molar-refractivity contribution is -0.127. The quantitative estimate of drug-likeness (QED) is 0.354. The van der Waals surface area contributed by atoms with Gasteiger partial charge in [-0.15, -0.1) is 0 Å². The smallest absolute Gasteiger partial charge is 0.294 e. The zero-order valence-electron chi connectivity index (χ0n) is 18.2. The number of carbonyl (C=O) groups is 3. The third kappa shape index (κ3) is 6.26. The molecule has 1 aliphatic rings. The third-order valence-electron chi connectivity index (χ3n) is 4.77. The topological polar surface area (TPSA) is 84.9 Å². The molecule has 0 saturated carbocycles. The van der Waals surface area contributed by atoms with Gasteiger partial charge < -0.3 is 14.8 Å². The van der Waals surface area contributed by atoms with Gasteiger partial charge >= 0.3 is 0 Å². The van der Waals surface area contributed by atoms with Gasteiger partial charge in [-0.05, 0) is 59.8 Å². The van der Waals surface area contributed by atoms with Crippen molar-refractivity contribution in [3.8, 4) is 11.5 Å². The summed E-state index contributed by atoms with van der Waals surface area (Å²) in [5.41, 5.74) is 1.34. The number of hydrogen-bond donors (Lipinski definition) is 1. The molecule has 3 aromatic carbocycles. The number of carbonyl (C=O) groups excluding carboxylic acids is 3. The van der Waals surface area contributed by atoms with Crippen molar-refractivity contribution < 1.29 is 23.9 Å². The van der Waals surface area contributed by atoms with E-state index in [9.17, 15) is 14.4 Å². The normalized spacial score (nSPS) is 14.4. The molecule has 34 heavy (non-hydrogen) atoms. The lowest BCUT2D eigenvalue weighted by Crippen LogP contribution is -2.36. The van der Waals surface area contributed by atoms with E-state index in [-0.39, 0.29) is 11.4 Å². The van der Waals surface area contributed by atoms with Crippen molar-refractivity contribution in [2.24, 2.45) is 0 Å². The molecule has 1 saturated heterocycles. The molecule has 7 nitrogen and oxygen atoms in total. The standard InChI is InChI=1S/C26H22N2O5S/c29-24(27-20-7-3-1-4-8-20)18-28-25(30)23(34-26(28)31)17-19-11-13-22(14-12-19)33-16-15-32-21-9-5-2-6-10-21/h1-14,17H,15-16,18H2,(H,27,29)/b23-17+. The maximum atomic E-state index is 12.7. The van der Waals surface area contributed by atoms with Crippen molar-refractivity contribution >= 4 is 40.6 Å². The minimum absolute atomic E-state index is 0.266. The van der Waals surface area contributed by atoms with E-state index >= 15 is 0 Å². The summed E-state index contributed by atoms with van der Waals surface area (Å²) in [4.78, 5) is 38.4. The Hall–Kier alpha value is -4.04. The van der Waals surface area contributed by atoms with Crippen LogP contribution in [0, 0.1) is 0 Å².